The summed E-state index contributed by atoms with van der Waals surface area (Å²) in [5.41, 5.74) is 6.73. The molecule has 0 bridgehead atoms. The van der Waals surface area contributed by atoms with E-state index in [1.807, 2.05) is 32.9 Å². The van der Waals surface area contributed by atoms with E-state index in [1.165, 1.54) is 16.7 Å². The summed E-state index contributed by atoms with van der Waals surface area (Å²) < 4.78 is 0. The van der Waals surface area contributed by atoms with Gasteiger partial charge in [-0.15, -0.1) is 0 Å². The first-order chi connectivity index (χ1) is 14.8. The monoisotopic (exact) mass is 422 g/mol. The Labute approximate surface area is 185 Å². The topological polar surface area (TPSA) is 64.7 Å². The van der Waals surface area contributed by atoms with Crippen LogP contribution in [0.4, 0.5) is 5.69 Å². The second-order valence-corrected chi connectivity index (χ2v) is 8.58. The normalized spacial score (nSPS) is 15.0. The van der Waals surface area contributed by atoms with Gasteiger partial charge in [0, 0.05) is 38.4 Å². The molecule has 1 aliphatic rings. The molecule has 1 heterocycles. The zero-order valence-electron chi connectivity index (χ0n) is 19.1. The molecule has 2 aromatic rings. The van der Waals surface area contributed by atoms with Crippen molar-refractivity contribution in [1.82, 2.24) is 15.1 Å². The van der Waals surface area contributed by atoms with Crippen LogP contribution in [0.15, 0.2) is 36.4 Å². The van der Waals surface area contributed by atoms with Gasteiger partial charge in [-0.3, -0.25) is 19.4 Å². The molecule has 0 aromatic heterocycles. The molecular formula is C25H34N4O2. The molecular weight excluding hydrogens is 388 g/mol. The average molecular weight is 423 g/mol. The molecule has 0 spiro atoms. The van der Waals surface area contributed by atoms with Gasteiger partial charge in [0.15, 0.2) is 0 Å². The Kier molecular flexibility index (Phi) is 7.82. The highest BCUT2D eigenvalue weighted by atomic mass is 16.2. The summed E-state index contributed by atoms with van der Waals surface area (Å²) in [6, 6.07) is 12.6. The molecule has 1 saturated heterocycles. The smallest absolute Gasteiger partial charge is 0.243 e. The van der Waals surface area contributed by atoms with Crippen LogP contribution in [0.25, 0.3) is 0 Å². The number of carbonyl (C=O) groups excluding carboxylic acids is 2. The Morgan fingerprint density at radius 3 is 2.10 bits per heavy atom. The molecule has 2 N–H and O–H groups in total. The molecule has 0 aliphatic carbocycles. The van der Waals surface area contributed by atoms with Crippen molar-refractivity contribution in [1.29, 1.82) is 0 Å². The number of amides is 2. The standard InChI is InChI=1S/C25H34N4O2/c1-18-13-20(3)25(21(4)14-18)27-23(30)15-26-24(31)17-29-11-9-28(10-12-29)16-22-8-6-5-7-19(22)2/h5-8,13-14H,9-12,15-17H2,1-4H3,(H,26,31)(H,27,30). The van der Waals surface area contributed by atoms with E-state index in [2.05, 4.69) is 51.6 Å². The molecule has 0 atom stereocenters. The van der Waals surface area contributed by atoms with Crippen molar-refractivity contribution in [3.05, 3.63) is 64.2 Å². The lowest BCUT2D eigenvalue weighted by Crippen LogP contribution is -2.49. The second kappa shape index (κ2) is 10.6. The number of hydrogen-bond donors (Lipinski definition) is 2. The molecule has 2 amide bonds. The van der Waals surface area contributed by atoms with Crippen LogP contribution < -0.4 is 10.6 Å². The van der Waals surface area contributed by atoms with Crippen LogP contribution in [0.2, 0.25) is 0 Å². The van der Waals surface area contributed by atoms with Gasteiger partial charge in [-0.05, 0) is 49.9 Å². The maximum atomic E-state index is 12.3. The van der Waals surface area contributed by atoms with Gasteiger partial charge in [0.25, 0.3) is 0 Å². The van der Waals surface area contributed by atoms with Gasteiger partial charge in [0.2, 0.25) is 11.8 Å². The summed E-state index contributed by atoms with van der Waals surface area (Å²) in [6.45, 7) is 13.0. The number of benzene rings is 2. The third kappa shape index (κ3) is 6.64. The van der Waals surface area contributed by atoms with Crippen LogP contribution in [0, 0.1) is 27.7 Å². The Hall–Kier alpha value is -2.70. The van der Waals surface area contributed by atoms with E-state index in [4.69, 9.17) is 0 Å². The van der Waals surface area contributed by atoms with Crippen molar-refractivity contribution >= 4 is 17.5 Å². The van der Waals surface area contributed by atoms with Crippen molar-refractivity contribution in [2.45, 2.75) is 34.2 Å². The van der Waals surface area contributed by atoms with Crippen molar-refractivity contribution in [2.75, 3.05) is 44.6 Å². The lowest BCUT2D eigenvalue weighted by molar-refractivity contribution is -0.125. The van der Waals surface area contributed by atoms with E-state index in [0.717, 1.165) is 49.5 Å². The van der Waals surface area contributed by atoms with Crippen LogP contribution in [-0.4, -0.2) is 60.9 Å². The lowest BCUT2D eigenvalue weighted by Gasteiger charge is -2.34. The number of hydrogen-bond acceptors (Lipinski definition) is 4. The van der Waals surface area contributed by atoms with Gasteiger partial charge >= 0.3 is 0 Å². The molecule has 166 valence electrons. The minimum Gasteiger partial charge on any atom is -0.346 e. The number of nitrogens with one attached hydrogen (secondary N) is 2. The van der Waals surface area contributed by atoms with E-state index in [0.29, 0.717) is 6.54 Å². The molecule has 0 saturated carbocycles. The molecule has 2 aromatic carbocycles. The van der Waals surface area contributed by atoms with Crippen LogP contribution >= 0.6 is 0 Å². The predicted molar refractivity (Wildman–Crippen MR) is 125 cm³/mol. The van der Waals surface area contributed by atoms with Crippen LogP contribution in [0.3, 0.4) is 0 Å². The number of carbonyl (C=O) groups is 2. The number of aryl methyl sites for hydroxylation is 4. The second-order valence-electron chi connectivity index (χ2n) is 8.58. The fraction of sp³-hybridized carbons (Fsp3) is 0.440. The summed E-state index contributed by atoms with van der Waals surface area (Å²) in [5, 5.41) is 5.68. The van der Waals surface area contributed by atoms with Gasteiger partial charge in [-0.2, -0.15) is 0 Å². The number of nitrogens with zero attached hydrogens (tertiary/aromatic N) is 2. The highest BCUT2D eigenvalue weighted by molar-refractivity contribution is 5.96. The third-order valence-corrected chi connectivity index (χ3v) is 5.87. The molecule has 0 radical (unpaired) electrons. The fourth-order valence-electron chi connectivity index (χ4n) is 4.13. The number of anilines is 1. The van der Waals surface area contributed by atoms with Gasteiger partial charge < -0.3 is 10.6 Å². The summed E-state index contributed by atoms with van der Waals surface area (Å²) in [5.74, 6) is -0.314. The first kappa shape index (κ1) is 23.0. The Bertz CT molecular complexity index is 910. The maximum absolute atomic E-state index is 12.3. The van der Waals surface area contributed by atoms with E-state index < -0.39 is 0 Å². The highest BCUT2D eigenvalue weighted by Gasteiger charge is 2.19. The van der Waals surface area contributed by atoms with Crippen molar-refractivity contribution in [3.8, 4) is 0 Å². The molecule has 1 fully saturated rings. The van der Waals surface area contributed by atoms with E-state index in [1.54, 1.807) is 0 Å². The minimum atomic E-state index is -0.202. The molecule has 0 unspecified atom stereocenters. The average Bonchev–Trinajstić information content (AvgIpc) is 2.72. The predicted octanol–water partition coefficient (Wildman–Crippen LogP) is 2.79. The van der Waals surface area contributed by atoms with Gasteiger partial charge in [-0.25, -0.2) is 0 Å². The SMILES string of the molecule is Cc1cc(C)c(NC(=O)CNC(=O)CN2CCN(Cc3ccccc3C)CC2)c(C)c1. The lowest BCUT2D eigenvalue weighted by atomic mass is 10.1. The first-order valence-electron chi connectivity index (χ1n) is 11.0. The van der Waals surface area contributed by atoms with E-state index in [-0.39, 0.29) is 18.4 Å². The van der Waals surface area contributed by atoms with Gasteiger partial charge in [0.1, 0.15) is 0 Å². The highest BCUT2D eigenvalue weighted by Crippen LogP contribution is 2.21. The fourth-order valence-corrected chi connectivity index (χ4v) is 4.13. The summed E-state index contributed by atoms with van der Waals surface area (Å²) in [6.07, 6.45) is 0. The Balaban J connectivity index is 1.39. The quantitative estimate of drug-likeness (QED) is 0.720. The van der Waals surface area contributed by atoms with Crippen molar-refractivity contribution in [3.63, 3.8) is 0 Å². The first-order valence-corrected chi connectivity index (χ1v) is 11.0. The number of piperazine rings is 1. The molecule has 6 nitrogen and oxygen atoms in total. The zero-order chi connectivity index (χ0) is 22.4. The Morgan fingerprint density at radius 1 is 0.839 bits per heavy atom. The largest absolute Gasteiger partial charge is 0.346 e. The van der Waals surface area contributed by atoms with Crippen LogP contribution in [-0.2, 0) is 16.1 Å². The molecule has 3 rings (SSSR count). The summed E-state index contributed by atoms with van der Waals surface area (Å²) in [4.78, 5) is 29.2. The van der Waals surface area contributed by atoms with E-state index >= 15 is 0 Å². The van der Waals surface area contributed by atoms with Crippen LogP contribution in [0.1, 0.15) is 27.8 Å². The van der Waals surface area contributed by atoms with E-state index in [9.17, 15) is 9.59 Å². The molecule has 6 heteroatoms. The Morgan fingerprint density at radius 2 is 1.45 bits per heavy atom. The minimum absolute atomic E-state index is 0.0150. The van der Waals surface area contributed by atoms with Crippen molar-refractivity contribution in [2.24, 2.45) is 0 Å². The van der Waals surface area contributed by atoms with Gasteiger partial charge in [-0.1, -0.05) is 42.0 Å². The van der Waals surface area contributed by atoms with Crippen molar-refractivity contribution < 1.29 is 9.59 Å². The molecule has 1 aliphatic heterocycles. The summed E-state index contributed by atoms with van der Waals surface area (Å²) in [7, 11) is 0. The van der Waals surface area contributed by atoms with Gasteiger partial charge in [0.05, 0.1) is 13.1 Å². The third-order valence-electron chi connectivity index (χ3n) is 5.87. The maximum Gasteiger partial charge on any atom is 0.243 e. The number of rotatable bonds is 7. The van der Waals surface area contributed by atoms with Crippen LogP contribution in [0.5, 0.6) is 0 Å². The molecule has 31 heavy (non-hydrogen) atoms. The zero-order valence-corrected chi connectivity index (χ0v) is 19.1. The summed E-state index contributed by atoms with van der Waals surface area (Å²) >= 11 is 0.